The molecule has 9 aromatic carbocycles. The molecule has 2 nitrogen and oxygen atoms in total. The Hall–Kier alpha value is -7.68. The Bertz CT molecular complexity index is 3040. The van der Waals surface area contributed by atoms with E-state index in [1.165, 1.54) is 60.8 Å². The fraction of sp³-hybridized carbons (Fsp3) is 0.0175. The van der Waals surface area contributed by atoms with E-state index < -0.39 is 5.41 Å². The van der Waals surface area contributed by atoms with Crippen LogP contribution < -0.4 is 0 Å². The Morgan fingerprint density at radius 3 is 1.51 bits per heavy atom. The van der Waals surface area contributed by atoms with Crippen molar-refractivity contribution >= 4 is 10.8 Å². The minimum absolute atomic E-state index is 0.511. The SMILES string of the molecule is c1ccc(-c2cc(-c3cccc(-c4cc5c(cc4-c4ccc6ccccc6c4)C(c4ccccc4)(c4ccccc4)c4ccccc4-5)c3)nc(-c3ccccc3)n2)cc1. The highest BCUT2D eigenvalue weighted by Gasteiger charge is 2.46. The monoisotopic (exact) mass is 750 g/mol. The summed E-state index contributed by atoms with van der Waals surface area (Å²) in [6.07, 6.45) is 0. The molecule has 0 atom stereocenters. The Morgan fingerprint density at radius 1 is 0.271 bits per heavy atom. The van der Waals surface area contributed by atoms with Crippen molar-refractivity contribution < 1.29 is 0 Å². The lowest BCUT2D eigenvalue weighted by Gasteiger charge is -2.34. The van der Waals surface area contributed by atoms with E-state index in [4.69, 9.17) is 9.97 Å². The van der Waals surface area contributed by atoms with Gasteiger partial charge < -0.3 is 0 Å². The van der Waals surface area contributed by atoms with Crippen molar-refractivity contribution in [2.45, 2.75) is 5.41 Å². The first-order valence-corrected chi connectivity index (χ1v) is 20.2. The zero-order valence-corrected chi connectivity index (χ0v) is 32.3. The molecule has 0 unspecified atom stereocenters. The molecule has 2 heteroatoms. The molecule has 0 saturated heterocycles. The zero-order chi connectivity index (χ0) is 39.2. The first kappa shape index (κ1) is 34.6. The second kappa shape index (κ2) is 14.4. The van der Waals surface area contributed by atoms with Gasteiger partial charge in [0.15, 0.2) is 5.82 Å². The molecule has 1 aliphatic carbocycles. The van der Waals surface area contributed by atoms with Crippen LogP contribution in [0.1, 0.15) is 22.3 Å². The fourth-order valence-corrected chi connectivity index (χ4v) is 9.24. The summed E-state index contributed by atoms with van der Waals surface area (Å²) in [7, 11) is 0. The van der Waals surface area contributed by atoms with Crippen LogP contribution in [0.2, 0.25) is 0 Å². The molecule has 276 valence electrons. The van der Waals surface area contributed by atoms with Crippen LogP contribution in [0.25, 0.3) is 78.1 Å². The molecule has 0 N–H and O–H groups in total. The van der Waals surface area contributed by atoms with Gasteiger partial charge in [0, 0.05) is 16.7 Å². The molecular weight excluding hydrogens is 713 g/mol. The molecule has 0 fully saturated rings. The van der Waals surface area contributed by atoms with Crippen molar-refractivity contribution in [2.24, 2.45) is 0 Å². The summed E-state index contributed by atoms with van der Waals surface area (Å²) >= 11 is 0. The van der Waals surface area contributed by atoms with Gasteiger partial charge >= 0.3 is 0 Å². The van der Waals surface area contributed by atoms with E-state index >= 15 is 0 Å². The number of aromatic nitrogens is 2. The van der Waals surface area contributed by atoms with Gasteiger partial charge in [-0.1, -0.05) is 200 Å². The summed E-state index contributed by atoms with van der Waals surface area (Å²) in [5.74, 6) is 0.705. The van der Waals surface area contributed by atoms with E-state index in [0.717, 1.165) is 33.6 Å². The van der Waals surface area contributed by atoms with E-state index in [1.54, 1.807) is 0 Å². The number of hydrogen-bond donors (Lipinski definition) is 0. The number of nitrogens with zero attached hydrogens (tertiary/aromatic N) is 2. The highest BCUT2D eigenvalue weighted by Crippen LogP contribution is 2.58. The van der Waals surface area contributed by atoms with E-state index in [2.05, 4.69) is 206 Å². The van der Waals surface area contributed by atoms with Gasteiger partial charge in [0.1, 0.15) is 0 Å². The number of fused-ring (bicyclic) bond motifs is 4. The Morgan fingerprint density at radius 2 is 0.797 bits per heavy atom. The summed E-state index contributed by atoms with van der Waals surface area (Å²) < 4.78 is 0. The van der Waals surface area contributed by atoms with Crippen LogP contribution in [0.5, 0.6) is 0 Å². The molecule has 0 aliphatic heterocycles. The molecule has 1 aliphatic rings. The van der Waals surface area contributed by atoms with Crippen molar-refractivity contribution in [3.63, 3.8) is 0 Å². The third-order valence-electron chi connectivity index (χ3n) is 12.0. The van der Waals surface area contributed by atoms with E-state index in [1.807, 2.05) is 24.3 Å². The van der Waals surface area contributed by atoms with Crippen LogP contribution in [0.3, 0.4) is 0 Å². The second-order valence-electron chi connectivity index (χ2n) is 15.3. The van der Waals surface area contributed by atoms with Crippen molar-refractivity contribution in [2.75, 3.05) is 0 Å². The van der Waals surface area contributed by atoms with Crippen LogP contribution in [0.4, 0.5) is 0 Å². The minimum Gasteiger partial charge on any atom is -0.228 e. The maximum Gasteiger partial charge on any atom is 0.160 e. The van der Waals surface area contributed by atoms with Crippen LogP contribution >= 0.6 is 0 Å². The predicted molar refractivity (Wildman–Crippen MR) is 244 cm³/mol. The van der Waals surface area contributed by atoms with Gasteiger partial charge in [-0.15, -0.1) is 0 Å². The molecule has 1 heterocycles. The Balaban J connectivity index is 1.18. The molecule has 0 amide bonds. The first-order valence-electron chi connectivity index (χ1n) is 20.2. The first-order chi connectivity index (χ1) is 29.2. The average Bonchev–Trinajstić information content (AvgIpc) is 3.62. The van der Waals surface area contributed by atoms with Crippen LogP contribution in [-0.4, -0.2) is 9.97 Å². The third kappa shape index (κ3) is 5.88. The van der Waals surface area contributed by atoms with Gasteiger partial charge in [0.2, 0.25) is 0 Å². The number of hydrogen-bond acceptors (Lipinski definition) is 2. The molecule has 0 radical (unpaired) electrons. The number of benzene rings is 9. The van der Waals surface area contributed by atoms with Gasteiger partial charge in [0.25, 0.3) is 0 Å². The van der Waals surface area contributed by atoms with Gasteiger partial charge in [-0.3, -0.25) is 0 Å². The lowest BCUT2D eigenvalue weighted by molar-refractivity contribution is 0.769. The highest BCUT2D eigenvalue weighted by atomic mass is 14.9. The lowest BCUT2D eigenvalue weighted by atomic mass is 9.67. The van der Waals surface area contributed by atoms with Crippen LogP contribution in [0.15, 0.2) is 231 Å². The van der Waals surface area contributed by atoms with Gasteiger partial charge in [-0.05, 0) is 96.7 Å². The van der Waals surface area contributed by atoms with E-state index in [9.17, 15) is 0 Å². The van der Waals surface area contributed by atoms with Gasteiger partial charge in [0.05, 0.1) is 16.8 Å². The van der Waals surface area contributed by atoms with Gasteiger partial charge in [-0.2, -0.15) is 0 Å². The third-order valence-corrected chi connectivity index (χ3v) is 12.0. The van der Waals surface area contributed by atoms with Crippen LogP contribution in [-0.2, 0) is 5.41 Å². The van der Waals surface area contributed by atoms with E-state index in [0.29, 0.717) is 5.82 Å². The topological polar surface area (TPSA) is 25.8 Å². The number of rotatable bonds is 7. The summed E-state index contributed by atoms with van der Waals surface area (Å²) in [5.41, 5.74) is 16.6. The maximum atomic E-state index is 5.21. The minimum atomic E-state index is -0.511. The molecule has 11 rings (SSSR count). The summed E-state index contributed by atoms with van der Waals surface area (Å²) in [6.45, 7) is 0. The summed E-state index contributed by atoms with van der Waals surface area (Å²) in [4.78, 5) is 10.3. The normalized spacial score (nSPS) is 12.5. The Kier molecular flexibility index (Phi) is 8.41. The summed E-state index contributed by atoms with van der Waals surface area (Å²) in [5, 5.41) is 2.44. The van der Waals surface area contributed by atoms with Crippen molar-refractivity contribution in [3.05, 3.63) is 253 Å². The fourth-order valence-electron chi connectivity index (χ4n) is 9.24. The molecule has 0 spiro atoms. The second-order valence-corrected chi connectivity index (χ2v) is 15.3. The largest absolute Gasteiger partial charge is 0.228 e. The van der Waals surface area contributed by atoms with Crippen molar-refractivity contribution in [3.8, 4) is 67.3 Å². The molecule has 1 aromatic heterocycles. The molecular formula is C57H38N2. The quantitative estimate of drug-likeness (QED) is 0.162. The van der Waals surface area contributed by atoms with E-state index in [-0.39, 0.29) is 0 Å². The summed E-state index contributed by atoms with van der Waals surface area (Å²) in [6, 6.07) is 83.2. The smallest absolute Gasteiger partial charge is 0.160 e. The van der Waals surface area contributed by atoms with Crippen LogP contribution in [0, 0.1) is 0 Å². The van der Waals surface area contributed by atoms with Gasteiger partial charge in [-0.25, -0.2) is 9.97 Å². The standard InChI is InChI=1S/C57H38N2/c1-5-19-40(20-6-1)54-38-55(59-56(58-54)41-21-7-2-8-22-41)45-25-17-24-43(35-45)49-36-51-48-30-15-16-31-52(48)57(46-26-9-3-10-27-46,47-28-11-4-12-29-47)53(51)37-50(49)44-33-32-39-18-13-14-23-42(39)34-44/h1-38H. The average molecular weight is 751 g/mol. The van der Waals surface area contributed by atoms with Crippen molar-refractivity contribution in [1.82, 2.24) is 9.97 Å². The maximum absolute atomic E-state index is 5.21. The predicted octanol–water partition coefficient (Wildman–Crippen LogP) is 14.3. The zero-order valence-electron chi connectivity index (χ0n) is 32.3. The Labute approximate surface area is 344 Å². The lowest BCUT2D eigenvalue weighted by Crippen LogP contribution is -2.28. The highest BCUT2D eigenvalue weighted by molar-refractivity contribution is 5.97. The van der Waals surface area contributed by atoms with Crippen molar-refractivity contribution in [1.29, 1.82) is 0 Å². The molecule has 0 bridgehead atoms. The molecule has 59 heavy (non-hydrogen) atoms. The molecule has 10 aromatic rings. The molecule has 0 saturated carbocycles.